The van der Waals surface area contributed by atoms with Gasteiger partial charge >= 0.3 is 0 Å². The van der Waals surface area contributed by atoms with E-state index in [1.807, 2.05) is 32.9 Å². The third-order valence-electron chi connectivity index (χ3n) is 6.88. The van der Waals surface area contributed by atoms with E-state index in [-0.39, 0.29) is 4.90 Å². The Bertz CT molecular complexity index is 1720. The molecule has 1 saturated carbocycles. The highest BCUT2D eigenvalue weighted by Crippen LogP contribution is 2.36. The number of hydrogen-bond acceptors (Lipinski definition) is 8. The second kappa shape index (κ2) is 8.81. The summed E-state index contributed by atoms with van der Waals surface area (Å²) in [5.74, 6) is 1.16. The van der Waals surface area contributed by atoms with Crippen LogP contribution in [-0.4, -0.2) is 38.5 Å². The number of rotatable bonds is 6. The molecule has 0 amide bonds. The number of aryl methyl sites for hydroxylation is 3. The van der Waals surface area contributed by atoms with Gasteiger partial charge in [0.15, 0.2) is 5.65 Å². The van der Waals surface area contributed by atoms with E-state index in [2.05, 4.69) is 15.5 Å². The molecule has 5 aromatic rings. The molecule has 37 heavy (non-hydrogen) atoms. The SMILES string of the molecule is Cc1cnc(NC2CCC2)nc1-c1cn(S(=O)(=O)c2ccccc2)c2nc(-c3c(C)noc3C)ccc12. The van der Waals surface area contributed by atoms with Gasteiger partial charge in [-0.1, -0.05) is 23.4 Å². The van der Waals surface area contributed by atoms with Crippen molar-refractivity contribution in [1.82, 2.24) is 24.1 Å². The molecule has 1 N–H and O–H groups in total. The average Bonchev–Trinajstić information content (AvgIpc) is 3.42. The summed E-state index contributed by atoms with van der Waals surface area (Å²) in [6.45, 7) is 5.57. The summed E-state index contributed by atoms with van der Waals surface area (Å²) in [6.07, 6.45) is 6.76. The van der Waals surface area contributed by atoms with E-state index in [4.69, 9.17) is 14.5 Å². The largest absolute Gasteiger partial charge is 0.361 e. The summed E-state index contributed by atoms with van der Waals surface area (Å²) in [6, 6.07) is 12.5. The molecule has 188 valence electrons. The first-order chi connectivity index (χ1) is 17.8. The Kier molecular flexibility index (Phi) is 5.56. The molecule has 0 saturated heterocycles. The number of fused-ring (bicyclic) bond motifs is 1. The van der Waals surface area contributed by atoms with E-state index in [0.29, 0.717) is 51.4 Å². The molecular weight excluding hydrogens is 488 g/mol. The van der Waals surface area contributed by atoms with E-state index < -0.39 is 10.0 Å². The molecule has 0 radical (unpaired) electrons. The summed E-state index contributed by atoms with van der Waals surface area (Å²) in [7, 11) is -3.94. The van der Waals surface area contributed by atoms with Crippen LogP contribution in [0.25, 0.3) is 33.5 Å². The smallest absolute Gasteiger partial charge is 0.269 e. The van der Waals surface area contributed by atoms with Crippen LogP contribution in [0.1, 0.15) is 36.3 Å². The number of pyridine rings is 1. The molecule has 1 aliphatic rings. The Morgan fingerprint density at radius 2 is 1.81 bits per heavy atom. The van der Waals surface area contributed by atoms with Gasteiger partial charge in [0.2, 0.25) is 5.95 Å². The summed E-state index contributed by atoms with van der Waals surface area (Å²) < 4.78 is 34.2. The van der Waals surface area contributed by atoms with Crippen molar-refractivity contribution in [3.8, 4) is 22.5 Å². The molecule has 0 atom stereocenters. The molecule has 9 nitrogen and oxygen atoms in total. The van der Waals surface area contributed by atoms with Crippen LogP contribution in [0, 0.1) is 20.8 Å². The Labute approximate surface area is 214 Å². The van der Waals surface area contributed by atoms with Crippen LogP contribution >= 0.6 is 0 Å². The van der Waals surface area contributed by atoms with E-state index >= 15 is 0 Å². The Hall–Kier alpha value is -4.05. The van der Waals surface area contributed by atoms with E-state index in [1.54, 1.807) is 42.7 Å². The number of anilines is 1. The number of benzene rings is 1. The van der Waals surface area contributed by atoms with Crippen LogP contribution in [0.15, 0.2) is 64.3 Å². The second-order valence-corrected chi connectivity index (χ2v) is 11.2. The standard InChI is InChI=1S/C27H26N6O3S/c1-16-14-28-27(29-19-8-7-9-19)31-25(16)22-15-33(37(34,35)20-10-5-4-6-11-20)26-21(22)12-13-23(30-26)24-17(2)32-36-18(24)3/h4-6,10-15,19H,7-9H2,1-3H3,(H,28,29,31). The monoisotopic (exact) mass is 514 g/mol. The van der Waals surface area contributed by atoms with Gasteiger partial charge in [-0.25, -0.2) is 27.3 Å². The lowest BCUT2D eigenvalue weighted by molar-refractivity contribution is 0.393. The average molecular weight is 515 g/mol. The lowest BCUT2D eigenvalue weighted by Gasteiger charge is -2.26. The second-order valence-electron chi connectivity index (χ2n) is 9.42. The van der Waals surface area contributed by atoms with Crippen molar-refractivity contribution < 1.29 is 12.9 Å². The van der Waals surface area contributed by atoms with Crippen LogP contribution in [0.4, 0.5) is 5.95 Å². The molecule has 0 aliphatic heterocycles. The van der Waals surface area contributed by atoms with Crippen molar-refractivity contribution in [2.24, 2.45) is 0 Å². The first kappa shape index (κ1) is 23.4. The normalized spacial score (nSPS) is 14.1. The molecule has 1 fully saturated rings. The van der Waals surface area contributed by atoms with Gasteiger partial charge in [-0.2, -0.15) is 0 Å². The zero-order chi connectivity index (χ0) is 25.7. The van der Waals surface area contributed by atoms with Crippen LogP contribution in [0.5, 0.6) is 0 Å². The van der Waals surface area contributed by atoms with Crippen molar-refractivity contribution in [2.75, 3.05) is 5.32 Å². The maximum Gasteiger partial charge on any atom is 0.269 e. The molecule has 1 aromatic carbocycles. The zero-order valence-electron chi connectivity index (χ0n) is 20.8. The lowest BCUT2D eigenvalue weighted by atomic mass is 9.93. The molecule has 0 bridgehead atoms. The summed E-state index contributed by atoms with van der Waals surface area (Å²) >= 11 is 0. The van der Waals surface area contributed by atoms with Gasteiger partial charge in [0.25, 0.3) is 10.0 Å². The molecule has 6 rings (SSSR count). The van der Waals surface area contributed by atoms with E-state index in [0.717, 1.165) is 24.0 Å². The molecule has 4 aromatic heterocycles. The maximum absolute atomic E-state index is 13.8. The predicted molar refractivity (Wildman–Crippen MR) is 141 cm³/mol. The van der Waals surface area contributed by atoms with Crippen molar-refractivity contribution in [1.29, 1.82) is 0 Å². The number of aromatic nitrogens is 5. The maximum atomic E-state index is 13.8. The predicted octanol–water partition coefficient (Wildman–Crippen LogP) is 5.27. The molecule has 4 heterocycles. The number of hydrogen-bond donors (Lipinski definition) is 1. The summed E-state index contributed by atoms with van der Waals surface area (Å²) in [4.78, 5) is 14.3. The third kappa shape index (κ3) is 3.97. The fourth-order valence-corrected chi connectivity index (χ4v) is 6.00. The van der Waals surface area contributed by atoms with Gasteiger partial charge in [-0.05, 0) is 69.9 Å². The highest BCUT2D eigenvalue weighted by Gasteiger charge is 2.26. The summed E-state index contributed by atoms with van der Waals surface area (Å²) in [5.41, 5.74) is 4.50. The van der Waals surface area contributed by atoms with Gasteiger partial charge in [0.05, 0.1) is 27.5 Å². The van der Waals surface area contributed by atoms with Gasteiger partial charge in [0, 0.05) is 29.4 Å². The zero-order valence-corrected chi connectivity index (χ0v) is 21.6. The van der Waals surface area contributed by atoms with E-state index in [9.17, 15) is 8.42 Å². The van der Waals surface area contributed by atoms with Crippen LogP contribution in [0.2, 0.25) is 0 Å². The van der Waals surface area contributed by atoms with Gasteiger partial charge in [-0.15, -0.1) is 0 Å². The molecule has 1 aliphatic carbocycles. The topological polar surface area (TPSA) is 116 Å². The summed E-state index contributed by atoms with van der Waals surface area (Å²) in [5, 5.41) is 8.10. The van der Waals surface area contributed by atoms with Crippen molar-refractivity contribution >= 4 is 27.0 Å². The van der Waals surface area contributed by atoms with Gasteiger partial charge in [-0.3, -0.25) is 0 Å². The number of nitrogens with zero attached hydrogens (tertiary/aromatic N) is 5. The molecular formula is C27H26N6O3S. The molecule has 0 spiro atoms. The molecule has 10 heteroatoms. The van der Waals surface area contributed by atoms with E-state index in [1.165, 1.54) is 10.4 Å². The first-order valence-corrected chi connectivity index (χ1v) is 13.6. The van der Waals surface area contributed by atoms with Crippen molar-refractivity contribution in [2.45, 2.75) is 51.0 Å². The minimum absolute atomic E-state index is 0.176. The first-order valence-electron chi connectivity index (χ1n) is 12.2. The van der Waals surface area contributed by atoms with Crippen LogP contribution in [-0.2, 0) is 10.0 Å². The highest BCUT2D eigenvalue weighted by molar-refractivity contribution is 7.90. The van der Waals surface area contributed by atoms with Crippen LogP contribution < -0.4 is 5.32 Å². The lowest BCUT2D eigenvalue weighted by Crippen LogP contribution is -2.28. The van der Waals surface area contributed by atoms with Gasteiger partial charge in [0.1, 0.15) is 5.76 Å². The minimum atomic E-state index is -3.94. The van der Waals surface area contributed by atoms with Crippen molar-refractivity contribution in [3.63, 3.8) is 0 Å². The van der Waals surface area contributed by atoms with Crippen molar-refractivity contribution in [3.05, 3.63) is 71.9 Å². The highest BCUT2D eigenvalue weighted by atomic mass is 32.2. The Morgan fingerprint density at radius 1 is 1.03 bits per heavy atom. The Morgan fingerprint density at radius 3 is 2.49 bits per heavy atom. The van der Waals surface area contributed by atoms with Crippen LogP contribution in [0.3, 0.4) is 0 Å². The fraction of sp³-hybridized carbons (Fsp3) is 0.259. The molecule has 0 unspecified atom stereocenters. The Balaban J connectivity index is 1.58. The number of nitrogens with one attached hydrogen (secondary N) is 1. The quantitative estimate of drug-likeness (QED) is 0.326. The van der Waals surface area contributed by atoms with Gasteiger partial charge < -0.3 is 9.84 Å². The third-order valence-corrected chi connectivity index (χ3v) is 8.54. The fourth-order valence-electron chi connectivity index (χ4n) is 4.66. The minimum Gasteiger partial charge on any atom is -0.361 e.